The Kier molecular flexibility index (Phi) is 6.13. The van der Waals surface area contributed by atoms with E-state index in [2.05, 4.69) is 33.2 Å². The third-order valence-electron chi connectivity index (χ3n) is 4.43. The predicted octanol–water partition coefficient (Wildman–Crippen LogP) is 4.04. The van der Waals surface area contributed by atoms with Gasteiger partial charge in [-0.25, -0.2) is 4.79 Å². The quantitative estimate of drug-likeness (QED) is 0.658. The molecule has 0 unspecified atom stereocenters. The van der Waals surface area contributed by atoms with Crippen molar-refractivity contribution >= 4 is 40.2 Å². The molecule has 2 N–H and O–H groups in total. The molecule has 26 heavy (non-hydrogen) atoms. The molecule has 6 heteroatoms. The largest absolute Gasteiger partial charge is 0.338 e. The molecule has 1 aliphatic heterocycles. The minimum atomic E-state index is -0.227. The molecule has 0 spiro atoms. The highest BCUT2D eigenvalue weighted by atomic mass is 127. The lowest BCUT2D eigenvalue weighted by atomic mass is 10.1. The van der Waals surface area contributed by atoms with Crippen LogP contribution in [0.2, 0.25) is 0 Å². The van der Waals surface area contributed by atoms with Crippen LogP contribution in [0.15, 0.2) is 42.5 Å². The van der Waals surface area contributed by atoms with Crippen LogP contribution in [0.1, 0.15) is 29.5 Å². The standard InChI is InChI=1S/C20H22IN3O2/c1-14-10-17(21)7-8-18(14)23-20(26)22-12-15-4-2-5-16(11-15)13-24-9-3-6-19(24)25/h2,4-5,7-8,10-11H,3,6,9,12-13H2,1H3,(H2,22,23,26). The molecule has 1 fully saturated rings. The maximum atomic E-state index is 12.2. The third-order valence-corrected chi connectivity index (χ3v) is 5.10. The molecule has 3 rings (SSSR count). The minimum absolute atomic E-state index is 0.223. The molecule has 2 aromatic carbocycles. The van der Waals surface area contributed by atoms with E-state index in [1.807, 2.05) is 54.3 Å². The normalized spacial score (nSPS) is 13.8. The van der Waals surface area contributed by atoms with E-state index in [1.165, 1.54) is 0 Å². The summed E-state index contributed by atoms with van der Waals surface area (Å²) < 4.78 is 1.14. The molecule has 0 aromatic heterocycles. The Morgan fingerprint density at radius 1 is 1.19 bits per heavy atom. The van der Waals surface area contributed by atoms with Crippen molar-refractivity contribution in [2.24, 2.45) is 0 Å². The smallest absolute Gasteiger partial charge is 0.319 e. The summed E-state index contributed by atoms with van der Waals surface area (Å²) >= 11 is 2.25. The lowest BCUT2D eigenvalue weighted by Crippen LogP contribution is -2.28. The van der Waals surface area contributed by atoms with Crippen LogP contribution < -0.4 is 10.6 Å². The van der Waals surface area contributed by atoms with Gasteiger partial charge < -0.3 is 15.5 Å². The topological polar surface area (TPSA) is 61.4 Å². The number of carbonyl (C=O) groups is 2. The van der Waals surface area contributed by atoms with Gasteiger partial charge in [-0.05, 0) is 70.8 Å². The van der Waals surface area contributed by atoms with E-state index in [0.717, 1.165) is 38.9 Å². The van der Waals surface area contributed by atoms with E-state index in [4.69, 9.17) is 0 Å². The van der Waals surface area contributed by atoms with Crippen molar-refractivity contribution in [3.05, 3.63) is 62.7 Å². The second-order valence-electron chi connectivity index (χ2n) is 6.51. The van der Waals surface area contributed by atoms with Gasteiger partial charge in [0.25, 0.3) is 0 Å². The maximum absolute atomic E-state index is 12.2. The summed E-state index contributed by atoms with van der Waals surface area (Å²) in [5.74, 6) is 0.223. The van der Waals surface area contributed by atoms with E-state index in [0.29, 0.717) is 19.5 Å². The van der Waals surface area contributed by atoms with Crippen molar-refractivity contribution in [3.8, 4) is 0 Å². The Bertz CT molecular complexity index is 822. The van der Waals surface area contributed by atoms with E-state index in [9.17, 15) is 9.59 Å². The molecule has 2 aromatic rings. The molecule has 3 amide bonds. The van der Waals surface area contributed by atoms with Gasteiger partial charge >= 0.3 is 6.03 Å². The third kappa shape index (κ3) is 4.97. The molecule has 0 atom stereocenters. The van der Waals surface area contributed by atoms with E-state index >= 15 is 0 Å². The first-order valence-electron chi connectivity index (χ1n) is 8.68. The maximum Gasteiger partial charge on any atom is 0.319 e. The number of urea groups is 1. The van der Waals surface area contributed by atoms with Crippen molar-refractivity contribution in [1.82, 2.24) is 10.2 Å². The summed E-state index contributed by atoms with van der Waals surface area (Å²) in [4.78, 5) is 25.8. The van der Waals surface area contributed by atoms with Crippen LogP contribution in [0, 0.1) is 10.5 Å². The second-order valence-corrected chi connectivity index (χ2v) is 7.75. The number of nitrogens with one attached hydrogen (secondary N) is 2. The van der Waals surface area contributed by atoms with E-state index < -0.39 is 0 Å². The fourth-order valence-electron chi connectivity index (χ4n) is 3.05. The number of carbonyl (C=O) groups excluding carboxylic acids is 2. The SMILES string of the molecule is Cc1cc(I)ccc1NC(=O)NCc1cccc(CN2CCCC2=O)c1. The number of nitrogens with zero attached hydrogens (tertiary/aromatic N) is 1. The van der Waals surface area contributed by atoms with Crippen LogP contribution in [-0.4, -0.2) is 23.4 Å². The fourth-order valence-corrected chi connectivity index (χ4v) is 3.69. The Morgan fingerprint density at radius 2 is 2.00 bits per heavy atom. The molecule has 5 nitrogen and oxygen atoms in total. The fraction of sp³-hybridized carbons (Fsp3) is 0.300. The van der Waals surface area contributed by atoms with E-state index in [1.54, 1.807) is 0 Å². The summed E-state index contributed by atoms with van der Waals surface area (Å²) in [7, 11) is 0. The van der Waals surface area contributed by atoms with Gasteiger partial charge in [-0.15, -0.1) is 0 Å². The summed E-state index contributed by atoms with van der Waals surface area (Å²) in [6.07, 6.45) is 1.59. The van der Waals surface area contributed by atoms with Gasteiger partial charge in [-0.1, -0.05) is 24.3 Å². The van der Waals surface area contributed by atoms with Crippen LogP contribution >= 0.6 is 22.6 Å². The number of aryl methyl sites for hydroxylation is 1. The number of benzene rings is 2. The van der Waals surface area contributed by atoms with Crippen LogP contribution in [0.4, 0.5) is 10.5 Å². The molecular weight excluding hydrogens is 441 g/mol. The number of anilines is 1. The van der Waals surface area contributed by atoms with Crippen molar-refractivity contribution in [1.29, 1.82) is 0 Å². The molecule has 136 valence electrons. The van der Waals surface area contributed by atoms with Crippen LogP contribution in [0.3, 0.4) is 0 Å². The molecular formula is C20H22IN3O2. The summed E-state index contributed by atoms with van der Waals surface area (Å²) in [5.41, 5.74) is 3.95. The summed E-state index contributed by atoms with van der Waals surface area (Å²) in [5, 5.41) is 5.77. The van der Waals surface area contributed by atoms with Gasteiger partial charge in [0, 0.05) is 35.3 Å². The van der Waals surface area contributed by atoms with Crippen molar-refractivity contribution in [3.63, 3.8) is 0 Å². The van der Waals surface area contributed by atoms with Crippen molar-refractivity contribution in [2.75, 3.05) is 11.9 Å². The first-order valence-corrected chi connectivity index (χ1v) is 9.76. The first-order chi connectivity index (χ1) is 12.5. The van der Waals surface area contributed by atoms with Gasteiger partial charge in [-0.2, -0.15) is 0 Å². The zero-order valence-corrected chi connectivity index (χ0v) is 16.9. The Balaban J connectivity index is 1.54. The van der Waals surface area contributed by atoms with Gasteiger partial charge in [0.15, 0.2) is 0 Å². The molecule has 0 aliphatic carbocycles. The monoisotopic (exact) mass is 463 g/mol. The van der Waals surface area contributed by atoms with Gasteiger partial charge in [0.1, 0.15) is 0 Å². The summed E-state index contributed by atoms with van der Waals surface area (Å²) in [6.45, 7) is 3.89. The number of hydrogen-bond acceptors (Lipinski definition) is 2. The Labute approximate surface area is 167 Å². The zero-order chi connectivity index (χ0) is 18.5. The van der Waals surface area contributed by atoms with Crippen molar-refractivity contribution in [2.45, 2.75) is 32.9 Å². The van der Waals surface area contributed by atoms with Gasteiger partial charge in [0.2, 0.25) is 5.91 Å². The average Bonchev–Trinajstić information content (AvgIpc) is 3.01. The molecule has 1 saturated heterocycles. The number of hydrogen-bond donors (Lipinski definition) is 2. The van der Waals surface area contributed by atoms with Gasteiger partial charge in [0.05, 0.1) is 0 Å². The van der Waals surface area contributed by atoms with Crippen LogP contribution in [-0.2, 0) is 17.9 Å². The number of likely N-dealkylation sites (tertiary alicyclic amines) is 1. The number of amides is 3. The second kappa shape index (κ2) is 8.53. The van der Waals surface area contributed by atoms with Crippen LogP contribution in [0.5, 0.6) is 0 Å². The first kappa shape index (κ1) is 18.7. The van der Waals surface area contributed by atoms with Gasteiger partial charge in [-0.3, -0.25) is 4.79 Å². The predicted molar refractivity (Wildman–Crippen MR) is 111 cm³/mol. The van der Waals surface area contributed by atoms with E-state index in [-0.39, 0.29) is 11.9 Å². The average molecular weight is 463 g/mol. The molecule has 1 heterocycles. The number of rotatable bonds is 5. The molecule has 0 radical (unpaired) electrons. The molecule has 0 bridgehead atoms. The van der Waals surface area contributed by atoms with Crippen molar-refractivity contribution < 1.29 is 9.59 Å². The lowest BCUT2D eigenvalue weighted by Gasteiger charge is -2.16. The lowest BCUT2D eigenvalue weighted by molar-refractivity contribution is -0.128. The Morgan fingerprint density at radius 3 is 2.73 bits per heavy atom. The minimum Gasteiger partial charge on any atom is -0.338 e. The van der Waals surface area contributed by atoms with Crippen LogP contribution in [0.25, 0.3) is 0 Å². The molecule has 1 aliphatic rings. The molecule has 0 saturated carbocycles. The highest BCUT2D eigenvalue weighted by Gasteiger charge is 2.19. The summed E-state index contributed by atoms with van der Waals surface area (Å²) in [6, 6.07) is 13.7. The highest BCUT2D eigenvalue weighted by molar-refractivity contribution is 14.1. The number of halogens is 1. The zero-order valence-electron chi connectivity index (χ0n) is 14.7. The highest BCUT2D eigenvalue weighted by Crippen LogP contribution is 2.18. The Hall–Kier alpha value is -2.09.